The summed E-state index contributed by atoms with van der Waals surface area (Å²) in [4.78, 5) is 14.2. The number of aryl methyl sites for hydroxylation is 1. The van der Waals surface area contributed by atoms with Crippen LogP contribution in [-0.4, -0.2) is 49.8 Å². The van der Waals surface area contributed by atoms with Gasteiger partial charge in [0.05, 0.1) is 6.61 Å². The molecule has 1 aromatic carbocycles. The highest BCUT2D eigenvalue weighted by Crippen LogP contribution is 2.09. The molecule has 2 rings (SSSR count). The van der Waals surface area contributed by atoms with Crippen LogP contribution in [0.15, 0.2) is 30.3 Å². The van der Waals surface area contributed by atoms with Crippen molar-refractivity contribution in [2.24, 2.45) is 5.92 Å². The van der Waals surface area contributed by atoms with Gasteiger partial charge in [-0.05, 0) is 17.9 Å². The number of hydrogen-bond acceptors (Lipinski definition) is 4. The SMILES string of the molecule is CC(C)CN1CCOC(COC(=O)CCc2ccccc2)C1. The second-order valence-corrected chi connectivity index (χ2v) is 6.31. The molecule has 1 unspecified atom stereocenters. The maximum Gasteiger partial charge on any atom is 0.306 e. The van der Waals surface area contributed by atoms with E-state index in [1.165, 1.54) is 0 Å². The van der Waals surface area contributed by atoms with Crippen LogP contribution in [0, 0.1) is 5.92 Å². The molecule has 0 bridgehead atoms. The number of rotatable bonds is 7. The van der Waals surface area contributed by atoms with Crippen LogP contribution >= 0.6 is 0 Å². The van der Waals surface area contributed by atoms with Gasteiger partial charge in [0.25, 0.3) is 0 Å². The molecule has 4 nitrogen and oxygen atoms in total. The average molecular weight is 305 g/mol. The van der Waals surface area contributed by atoms with Crippen LogP contribution in [0.1, 0.15) is 25.8 Å². The molecule has 0 aliphatic carbocycles. The van der Waals surface area contributed by atoms with E-state index >= 15 is 0 Å². The van der Waals surface area contributed by atoms with Crippen molar-refractivity contribution in [3.8, 4) is 0 Å². The van der Waals surface area contributed by atoms with Crippen molar-refractivity contribution in [2.45, 2.75) is 32.8 Å². The van der Waals surface area contributed by atoms with E-state index in [2.05, 4.69) is 18.7 Å². The zero-order chi connectivity index (χ0) is 15.8. The summed E-state index contributed by atoms with van der Waals surface area (Å²) >= 11 is 0. The first kappa shape index (κ1) is 17.0. The summed E-state index contributed by atoms with van der Waals surface area (Å²) in [5.74, 6) is 0.501. The molecule has 0 spiro atoms. The van der Waals surface area contributed by atoms with Gasteiger partial charge in [0.1, 0.15) is 12.7 Å². The van der Waals surface area contributed by atoms with Crippen molar-refractivity contribution in [1.82, 2.24) is 4.90 Å². The van der Waals surface area contributed by atoms with E-state index in [0.717, 1.165) is 38.2 Å². The molecule has 0 amide bonds. The van der Waals surface area contributed by atoms with Crippen molar-refractivity contribution >= 4 is 5.97 Å². The zero-order valence-corrected chi connectivity index (χ0v) is 13.7. The number of hydrogen-bond donors (Lipinski definition) is 0. The highest BCUT2D eigenvalue weighted by molar-refractivity contribution is 5.69. The fourth-order valence-corrected chi connectivity index (χ4v) is 2.71. The van der Waals surface area contributed by atoms with E-state index in [9.17, 15) is 4.79 Å². The maximum atomic E-state index is 11.8. The molecule has 1 aliphatic heterocycles. The number of esters is 1. The average Bonchev–Trinajstić information content (AvgIpc) is 2.52. The molecule has 1 atom stereocenters. The van der Waals surface area contributed by atoms with E-state index in [0.29, 0.717) is 18.9 Å². The first-order valence-electron chi connectivity index (χ1n) is 8.17. The van der Waals surface area contributed by atoms with Crippen molar-refractivity contribution in [1.29, 1.82) is 0 Å². The molecule has 4 heteroatoms. The quantitative estimate of drug-likeness (QED) is 0.726. The highest BCUT2D eigenvalue weighted by Gasteiger charge is 2.22. The minimum atomic E-state index is -0.145. The molecule has 1 aliphatic rings. The van der Waals surface area contributed by atoms with Crippen LogP contribution in [0.5, 0.6) is 0 Å². The van der Waals surface area contributed by atoms with Crippen molar-refractivity contribution in [3.05, 3.63) is 35.9 Å². The van der Waals surface area contributed by atoms with E-state index in [4.69, 9.17) is 9.47 Å². The summed E-state index contributed by atoms with van der Waals surface area (Å²) in [6.07, 6.45) is 1.16. The molecule has 1 saturated heterocycles. The summed E-state index contributed by atoms with van der Waals surface area (Å²) in [5.41, 5.74) is 1.16. The lowest BCUT2D eigenvalue weighted by Gasteiger charge is -2.33. The molecule has 0 aromatic heterocycles. The topological polar surface area (TPSA) is 38.8 Å². The Balaban J connectivity index is 1.65. The van der Waals surface area contributed by atoms with Gasteiger partial charge in [-0.25, -0.2) is 0 Å². The van der Waals surface area contributed by atoms with Gasteiger partial charge in [-0.1, -0.05) is 44.2 Å². The second-order valence-electron chi connectivity index (χ2n) is 6.31. The van der Waals surface area contributed by atoms with Crippen LogP contribution in [0.4, 0.5) is 0 Å². The maximum absolute atomic E-state index is 11.8. The number of carbonyl (C=O) groups excluding carboxylic acids is 1. The Bertz CT molecular complexity index is 447. The minimum absolute atomic E-state index is 0.00757. The summed E-state index contributed by atoms with van der Waals surface area (Å²) < 4.78 is 11.0. The van der Waals surface area contributed by atoms with E-state index in [-0.39, 0.29) is 12.1 Å². The van der Waals surface area contributed by atoms with Gasteiger partial charge >= 0.3 is 5.97 Å². The molecule has 0 saturated carbocycles. The monoisotopic (exact) mass is 305 g/mol. The van der Waals surface area contributed by atoms with Crippen LogP contribution in [0.2, 0.25) is 0 Å². The number of nitrogens with zero attached hydrogens (tertiary/aromatic N) is 1. The summed E-state index contributed by atoms with van der Waals surface area (Å²) in [6.45, 7) is 8.41. The van der Waals surface area contributed by atoms with Crippen LogP contribution in [0.3, 0.4) is 0 Å². The lowest BCUT2D eigenvalue weighted by molar-refractivity contribution is -0.150. The molecular formula is C18H27NO3. The molecule has 22 heavy (non-hydrogen) atoms. The molecular weight excluding hydrogens is 278 g/mol. The first-order valence-corrected chi connectivity index (χ1v) is 8.17. The third kappa shape index (κ3) is 6.16. The van der Waals surface area contributed by atoms with Crippen LogP contribution in [0.25, 0.3) is 0 Å². The van der Waals surface area contributed by atoms with E-state index < -0.39 is 0 Å². The Morgan fingerprint density at radius 1 is 1.36 bits per heavy atom. The predicted octanol–water partition coefficient (Wildman–Crippen LogP) is 2.52. The molecule has 1 heterocycles. The molecule has 0 N–H and O–H groups in total. The fraction of sp³-hybridized carbons (Fsp3) is 0.611. The minimum Gasteiger partial charge on any atom is -0.463 e. The van der Waals surface area contributed by atoms with E-state index in [1.807, 2.05) is 30.3 Å². The van der Waals surface area contributed by atoms with Crippen LogP contribution in [-0.2, 0) is 20.7 Å². The van der Waals surface area contributed by atoms with Gasteiger partial charge < -0.3 is 9.47 Å². The number of benzene rings is 1. The fourth-order valence-electron chi connectivity index (χ4n) is 2.71. The summed E-state index contributed by atoms with van der Waals surface area (Å²) in [7, 11) is 0. The Labute approximate surface area is 133 Å². The number of carbonyl (C=O) groups is 1. The lowest BCUT2D eigenvalue weighted by Crippen LogP contribution is -2.45. The second kappa shape index (κ2) is 8.91. The largest absolute Gasteiger partial charge is 0.463 e. The first-order chi connectivity index (χ1) is 10.6. The highest BCUT2D eigenvalue weighted by atomic mass is 16.6. The Hall–Kier alpha value is -1.39. The van der Waals surface area contributed by atoms with Gasteiger partial charge in [-0.3, -0.25) is 9.69 Å². The standard InChI is InChI=1S/C18H27NO3/c1-15(2)12-19-10-11-21-17(13-19)14-22-18(20)9-8-16-6-4-3-5-7-16/h3-7,15,17H,8-14H2,1-2H3. The van der Waals surface area contributed by atoms with Crippen molar-refractivity contribution < 1.29 is 14.3 Å². The smallest absolute Gasteiger partial charge is 0.306 e. The van der Waals surface area contributed by atoms with E-state index in [1.54, 1.807) is 0 Å². The summed E-state index contributed by atoms with van der Waals surface area (Å²) in [5, 5.41) is 0. The van der Waals surface area contributed by atoms with Crippen LogP contribution < -0.4 is 0 Å². The van der Waals surface area contributed by atoms with Gasteiger partial charge in [0.2, 0.25) is 0 Å². The van der Waals surface area contributed by atoms with Gasteiger partial charge in [-0.2, -0.15) is 0 Å². The Morgan fingerprint density at radius 2 is 2.14 bits per heavy atom. The zero-order valence-electron chi connectivity index (χ0n) is 13.7. The van der Waals surface area contributed by atoms with Gasteiger partial charge in [0.15, 0.2) is 0 Å². The normalized spacial score (nSPS) is 19.3. The van der Waals surface area contributed by atoms with Crippen molar-refractivity contribution in [2.75, 3.05) is 32.8 Å². The third-order valence-corrected chi connectivity index (χ3v) is 3.74. The Kier molecular flexibility index (Phi) is 6.87. The molecule has 122 valence electrons. The number of morpholine rings is 1. The van der Waals surface area contributed by atoms with Gasteiger partial charge in [-0.15, -0.1) is 0 Å². The molecule has 0 radical (unpaired) electrons. The number of ether oxygens (including phenoxy) is 2. The third-order valence-electron chi connectivity index (χ3n) is 3.74. The lowest BCUT2D eigenvalue weighted by atomic mass is 10.1. The Morgan fingerprint density at radius 3 is 2.86 bits per heavy atom. The van der Waals surface area contributed by atoms with Crippen molar-refractivity contribution in [3.63, 3.8) is 0 Å². The molecule has 1 aromatic rings. The van der Waals surface area contributed by atoms with Gasteiger partial charge in [0, 0.05) is 26.1 Å². The summed E-state index contributed by atoms with van der Waals surface area (Å²) in [6, 6.07) is 10.0. The predicted molar refractivity (Wildman–Crippen MR) is 86.7 cm³/mol. The molecule has 1 fully saturated rings.